The fraction of sp³-hybridized carbons (Fsp3) is 0.810. The van der Waals surface area contributed by atoms with Crippen molar-refractivity contribution in [3.63, 3.8) is 0 Å². The maximum atomic E-state index is 13.1. The zero-order valence-corrected chi connectivity index (χ0v) is 20.0. The van der Waals surface area contributed by atoms with E-state index < -0.39 is 47.9 Å². The predicted molar refractivity (Wildman–Crippen MR) is 121 cm³/mol. The van der Waals surface area contributed by atoms with Crippen LogP contribution in [0.2, 0.25) is 0 Å². The van der Waals surface area contributed by atoms with Crippen LogP contribution in [0.15, 0.2) is 0 Å². The van der Waals surface area contributed by atoms with Crippen molar-refractivity contribution < 1.29 is 24.3 Å². The van der Waals surface area contributed by atoms with Crippen LogP contribution >= 0.6 is 11.8 Å². The molecule has 31 heavy (non-hydrogen) atoms. The van der Waals surface area contributed by atoms with Gasteiger partial charge in [0.25, 0.3) is 0 Å². The van der Waals surface area contributed by atoms with Crippen molar-refractivity contribution in [2.75, 3.05) is 18.6 Å². The van der Waals surface area contributed by atoms with E-state index in [0.29, 0.717) is 38.0 Å². The fourth-order valence-electron chi connectivity index (χ4n) is 3.65. The zero-order chi connectivity index (χ0) is 23.7. The second-order valence-corrected chi connectivity index (χ2v) is 9.82. The first-order valence-electron chi connectivity index (χ1n) is 10.9. The lowest BCUT2D eigenvalue weighted by Crippen LogP contribution is -2.58. The Labute approximate surface area is 189 Å². The van der Waals surface area contributed by atoms with E-state index in [2.05, 4.69) is 10.6 Å². The van der Waals surface area contributed by atoms with E-state index in [0.717, 1.165) is 0 Å². The molecule has 1 saturated heterocycles. The third kappa shape index (κ3) is 8.33. The number of nitrogens with one attached hydrogen (secondary N) is 2. The largest absolute Gasteiger partial charge is 0.480 e. The van der Waals surface area contributed by atoms with Crippen molar-refractivity contribution in [1.29, 1.82) is 0 Å². The molecule has 1 heterocycles. The van der Waals surface area contributed by atoms with Gasteiger partial charge in [0.1, 0.15) is 18.1 Å². The van der Waals surface area contributed by atoms with Gasteiger partial charge in [-0.25, -0.2) is 4.79 Å². The molecule has 0 aromatic heterocycles. The van der Waals surface area contributed by atoms with Crippen LogP contribution in [0, 0.1) is 11.8 Å². The van der Waals surface area contributed by atoms with Gasteiger partial charge in [0.2, 0.25) is 17.7 Å². The molecular formula is C21H38N4O5S. The van der Waals surface area contributed by atoms with E-state index in [4.69, 9.17) is 5.73 Å². The molecule has 178 valence electrons. The van der Waals surface area contributed by atoms with Crippen molar-refractivity contribution in [1.82, 2.24) is 15.5 Å². The summed E-state index contributed by atoms with van der Waals surface area (Å²) >= 11 is 1.53. The Morgan fingerprint density at radius 3 is 2.29 bits per heavy atom. The molecule has 0 aliphatic carbocycles. The van der Waals surface area contributed by atoms with Crippen LogP contribution in [-0.2, 0) is 19.2 Å². The molecule has 0 spiro atoms. The van der Waals surface area contributed by atoms with Gasteiger partial charge < -0.3 is 26.4 Å². The molecular weight excluding hydrogens is 420 g/mol. The van der Waals surface area contributed by atoms with Gasteiger partial charge in [0.05, 0.1) is 6.04 Å². The van der Waals surface area contributed by atoms with Crippen LogP contribution in [-0.4, -0.2) is 76.4 Å². The normalized spacial score (nSPS) is 19.2. The highest BCUT2D eigenvalue weighted by molar-refractivity contribution is 7.98. The molecule has 0 bridgehead atoms. The number of nitrogens with two attached hydrogens (primary N) is 1. The van der Waals surface area contributed by atoms with Gasteiger partial charge in [0.15, 0.2) is 0 Å². The monoisotopic (exact) mass is 458 g/mol. The van der Waals surface area contributed by atoms with E-state index in [1.807, 2.05) is 20.1 Å². The van der Waals surface area contributed by atoms with Crippen LogP contribution in [0.3, 0.4) is 0 Å². The first-order chi connectivity index (χ1) is 14.5. The summed E-state index contributed by atoms with van der Waals surface area (Å²) in [6, 6.07) is -3.27. The van der Waals surface area contributed by atoms with Gasteiger partial charge in [-0.15, -0.1) is 0 Å². The molecule has 5 N–H and O–H groups in total. The number of nitrogens with zero attached hydrogens (tertiary/aromatic N) is 1. The van der Waals surface area contributed by atoms with Gasteiger partial charge in [-0.1, -0.05) is 27.7 Å². The van der Waals surface area contributed by atoms with E-state index in [9.17, 15) is 24.3 Å². The van der Waals surface area contributed by atoms with Gasteiger partial charge in [0, 0.05) is 6.54 Å². The molecule has 0 aromatic carbocycles. The SMILES string of the molecule is CSCCC(NC(=O)C(NC(=O)C(N)CC(C)C)C(C)C)C(=O)N1CCCC1C(=O)O. The van der Waals surface area contributed by atoms with E-state index in [1.165, 1.54) is 16.7 Å². The Hall–Kier alpha value is -1.81. The number of carboxylic acid groups (broad SMARTS) is 1. The third-order valence-corrected chi connectivity index (χ3v) is 6.00. The lowest BCUT2D eigenvalue weighted by molar-refractivity contribution is -0.149. The van der Waals surface area contributed by atoms with Crippen LogP contribution in [0.5, 0.6) is 0 Å². The summed E-state index contributed by atoms with van der Waals surface area (Å²) in [5, 5.41) is 14.9. The van der Waals surface area contributed by atoms with Crippen molar-refractivity contribution in [3.8, 4) is 0 Å². The number of hydrogen-bond donors (Lipinski definition) is 4. The summed E-state index contributed by atoms with van der Waals surface area (Å²) in [5.74, 6) is -1.65. The number of amides is 3. The Bertz CT molecular complexity index is 643. The van der Waals surface area contributed by atoms with Gasteiger partial charge >= 0.3 is 5.97 Å². The average Bonchev–Trinajstić information content (AvgIpc) is 3.17. The van der Waals surface area contributed by atoms with Crippen LogP contribution in [0.25, 0.3) is 0 Å². The number of carbonyl (C=O) groups is 4. The number of carboxylic acids is 1. The van der Waals surface area contributed by atoms with Crippen LogP contribution in [0.1, 0.15) is 53.4 Å². The van der Waals surface area contributed by atoms with E-state index in [1.54, 1.807) is 13.8 Å². The van der Waals surface area contributed by atoms with Crippen molar-refractivity contribution in [2.24, 2.45) is 17.6 Å². The van der Waals surface area contributed by atoms with Crippen LogP contribution < -0.4 is 16.4 Å². The predicted octanol–water partition coefficient (Wildman–Crippen LogP) is 0.814. The highest BCUT2D eigenvalue weighted by Gasteiger charge is 2.38. The molecule has 4 unspecified atom stereocenters. The molecule has 1 aliphatic rings. The number of rotatable bonds is 12. The Balaban J connectivity index is 2.92. The maximum absolute atomic E-state index is 13.1. The number of hydrogen-bond acceptors (Lipinski definition) is 6. The summed E-state index contributed by atoms with van der Waals surface area (Å²) in [6.45, 7) is 7.89. The average molecular weight is 459 g/mol. The molecule has 1 aliphatic heterocycles. The summed E-state index contributed by atoms with van der Waals surface area (Å²) in [5.41, 5.74) is 5.95. The highest BCUT2D eigenvalue weighted by atomic mass is 32.2. The Morgan fingerprint density at radius 1 is 1.13 bits per heavy atom. The molecule has 10 heteroatoms. The lowest BCUT2D eigenvalue weighted by Gasteiger charge is -2.30. The van der Waals surface area contributed by atoms with Gasteiger partial charge in [-0.05, 0) is 49.5 Å². The molecule has 0 saturated carbocycles. The van der Waals surface area contributed by atoms with Gasteiger partial charge in [-0.2, -0.15) is 11.8 Å². The molecule has 4 atom stereocenters. The summed E-state index contributed by atoms with van der Waals surface area (Å²) in [6.07, 6.45) is 3.79. The lowest BCUT2D eigenvalue weighted by atomic mass is 10.00. The second kappa shape index (κ2) is 12.9. The van der Waals surface area contributed by atoms with E-state index in [-0.39, 0.29) is 11.8 Å². The number of likely N-dealkylation sites (tertiary alicyclic amines) is 1. The molecule has 9 nitrogen and oxygen atoms in total. The standard InChI is InChI=1S/C21H38N4O5S/c1-12(2)11-14(22)18(26)24-17(13(3)4)19(27)23-15(8-10-31-5)20(28)25-9-6-7-16(25)21(29)30/h12-17H,6-11,22H2,1-5H3,(H,23,27)(H,24,26)(H,29,30). The Morgan fingerprint density at radius 2 is 1.77 bits per heavy atom. The van der Waals surface area contributed by atoms with Gasteiger partial charge in [-0.3, -0.25) is 14.4 Å². The third-order valence-electron chi connectivity index (χ3n) is 5.36. The highest BCUT2D eigenvalue weighted by Crippen LogP contribution is 2.20. The number of carbonyl (C=O) groups excluding carboxylic acids is 3. The first-order valence-corrected chi connectivity index (χ1v) is 12.3. The minimum atomic E-state index is -1.03. The topological polar surface area (TPSA) is 142 Å². The minimum absolute atomic E-state index is 0.218. The number of thioether (sulfide) groups is 1. The van der Waals surface area contributed by atoms with Crippen molar-refractivity contribution >= 4 is 35.5 Å². The molecule has 0 aromatic rings. The fourth-order valence-corrected chi connectivity index (χ4v) is 4.12. The summed E-state index contributed by atoms with van der Waals surface area (Å²) in [4.78, 5) is 51.4. The quantitative estimate of drug-likeness (QED) is 0.339. The Kier molecular flexibility index (Phi) is 11.3. The molecule has 1 fully saturated rings. The first kappa shape index (κ1) is 27.2. The van der Waals surface area contributed by atoms with Crippen LogP contribution in [0.4, 0.5) is 0 Å². The van der Waals surface area contributed by atoms with Crippen molar-refractivity contribution in [2.45, 2.75) is 77.5 Å². The molecule has 3 amide bonds. The van der Waals surface area contributed by atoms with Crippen molar-refractivity contribution in [3.05, 3.63) is 0 Å². The summed E-state index contributed by atoms with van der Waals surface area (Å²) in [7, 11) is 0. The minimum Gasteiger partial charge on any atom is -0.480 e. The smallest absolute Gasteiger partial charge is 0.326 e. The zero-order valence-electron chi connectivity index (χ0n) is 19.2. The molecule has 0 radical (unpaired) electrons. The summed E-state index contributed by atoms with van der Waals surface area (Å²) < 4.78 is 0. The second-order valence-electron chi connectivity index (χ2n) is 8.84. The maximum Gasteiger partial charge on any atom is 0.326 e. The van der Waals surface area contributed by atoms with E-state index >= 15 is 0 Å². The number of aliphatic carboxylic acids is 1. The molecule has 1 rings (SSSR count).